The highest BCUT2D eigenvalue weighted by Crippen LogP contribution is 2.19. The van der Waals surface area contributed by atoms with E-state index in [4.69, 9.17) is 0 Å². The van der Waals surface area contributed by atoms with Crippen LogP contribution in [0.25, 0.3) is 0 Å². The van der Waals surface area contributed by atoms with Crippen LogP contribution >= 0.6 is 0 Å². The number of aromatic nitrogens is 4. The predicted octanol–water partition coefficient (Wildman–Crippen LogP) is 0.352. The van der Waals surface area contributed by atoms with Gasteiger partial charge in [0.1, 0.15) is 0 Å². The molecule has 2 aromatic rings. The lowest BCUT2D eigenvalue weighted by molar-refractivity contribution is 0.426. The molecule has 1 aliphatic rings. The Morgan fingerprint density at radius 3 is 3.00 bits per heavy atom. The molecular weight excluding hydrogens is 202 g/mol. The molecule has 0 aliphatic carbocycles. The molecule has 0 unspecified atom stereocenters. The first-order valence-corrected chi connectivity index (χ1v) is 5.52. The fourth-order valence-electron chi connectivity index (χ4n) is 2.02. The van der Waals surface area contributed by atoms with Crippen molar-refractivity contribution < 1.29 is 0 Å². The summed E-state index contributed by atoms with van der Waals surface area (Å²) in [5.74, 6) is 0.617. The zero-order valence-corrected chi connectivity index (χ0v) is 9.30. The zero-order valence-electron chi connectivity index (χ0n) is 9.30. The van der Waals surface area contributed by atoms with Crippen LogP contribution in [-0.4, -0.2) is 32.4 Å². The molecule has 1 saturated heterocycles. The lowest BCUT2D eigenvalue weighted by atomic mass is 10.00. The van der Waals surface area contributed by atoms with Gasteiger partial charge in [-0.15, -0.1) is 0 Å². The lowest BCUT2D eigenvalue weighted by Crippen LogP contribution is -2.40. The summed E-state index contributed by atoms with van der Waals surface area (Å²) in [5, 5.41) is 7.67. The molecule has 5 nitrogen and oxygen atoms in total. The Labute approximate surface area is 94.1 Å². The second kappa shape index (κ2) is 3.75. The van der Waals surface area contributed by atoms with Crippen molar-refractivity contribution in [3.8, 4) is 0 Å². The fourth-order valence-corrected chi connectivity index (χ4v) is 2.02. The third-order valence-corrected chi connectivity index (χ3v) is 3.05. The predicted molar refractivity (Wildman–Crippen MR) is 60.1 cm³/mol. The SMILES string of the molecule is Cn1ccc(Cn2cncc2C2CNC2)n1. The van der Waals surface area contributed by atoms with Crippen molar-refractivity contribution in [1.82, 2.24) is 24.6 Å². The third kappa shape index (κ3) is 1.63. The molecule has 0 aromatic carbocycles. The van der Waals surface area contributed by atoms with E-state index < -0.39 is 0 Å². The number of nitrogens with zero attached hydrogens (tertiary/aromatic N) is 4. The Bertz CT molecular complexity index is 480. The van der Waals surface area contributed by atoms with Gasteiger partial charge in [0.25, 0.3) is 0 Å². The van der Waals surface area contributed by atoms with Crippen LogP contribution in [0.3, 0.4) is 0 Å². The lowest BCUT2D eigenvalue weighted by Gasteiger charge is -2.27. The second-order valence-corrected chi connectivity index (χ2v) is 4.28. The van der Waals surface area contributed by atoms with Crippen molar-refractivity contribution in [2.24, 2.45) is 7.05 Å². The van der Waals surface area contributed by atoms with Crippen molar-refractivity contribution in [1.29, 1.82) is 0 Å². The summed E-state index contributed by atoms with van der Waals surface area (Å²) in [4.78, 5) is 4.23. The topological polar surface area (TPSA) is 47.7 Å². The summed E-state index contributed by atoms with van der Waals surface area (Å²) in [5.41, 5.74) is 2.39. The van der Waals surface area contributed by atoms with Gasteiger partial charge in [0.05, 0.1) is 18.6 Å². The van der Waals surface area contributed by atoms with E-state index in [-0.39, 0.29) is 0 Å². The molecule has 0 atom stereocenters. The van der Waals surface area contributed by atoms with Crippen molar-refractivity contribution >= 4 is 0 Å². The van der Waals surface area contributed by atoms with E-state index in [1.807, 2.05) is 36.5 Å². The fraction of sp³-hybridized carbons (Fsp3) is 0.455. The molecule has 3 rings (SSSR count). The zero-order chi connectivity index (χ0) is 11.0. The normalized spacial score (nSPS) is 16.3. The highest BCUT2D eigenvalue weighted by Gasteiger charge is 2.22. The number of imidazole rings is 1. The first-order chi connectivity index (χ1) is 7.83. The van der Waals surface area contributed by atoms with E-state index in [9.17, 15) is 0 Å². The molecule has 0 radical (unpaired) electrons. The second-order valence-electron chi connectivity index (χ2n) is 4.28. The van der Waals surface area contributed by atoms with Crippen LogP contribution in [0.4, 0.5) is 0 Å². The van der Waals surface area contributed by atoms with Gasteiger partial charge in [-0.25, -0.2) is 4.98 Å². The minimum atomic E-state index is 0.617. The Hall–Kier alpha value is -1.62. The van der Waals surface area contributed by atoms with Crippen LogP contribution in [-0.2, 0) is 13.6 Å². The summed E-state index contributed by atoms with van der Waals surface area (Å²) in [6.07, 6.45) is 5.83. The number of hydrogen-bond donors (Lipinski definition) is 1. The maximum atomic E-state index is 4.38. The average molecular weight is 217 g/mol. The monoisotopic (exact) mass is 217 g/mol. The molecule has 2 aromatic heterocycles. The standard InChI is InChI=1S/C11H15N5/c1-15-3-2-10(14-15)7-16-8-13-6-11(16)9-4-12-5-9/h2-3,6,8-9,12H,4-5,7H2,1H3. The molecule has 16 heavy (non-hydrogen) atoms. The van der Waals surface area contributed by atoms with Gasteiger partial charge >= 0.3 is 0 Å². The van der Waals surface area contributed by atoms with Crippen LogP contribution < -0.4 is 5.32 Å². The van der Waals surface area contributed by atoms with Crippen LogP contribution in [0.15, 0.2) is 24.8 Å². The van der Waals surface area contributed by atoms with E-state index in [0.29, 0.717) is 5.92 Å². The molecule has 1 aliphatic heterocycles. The first kappa shape index (κ1) is 9.59. The first-order valence-electron chi connectivity index (χ1n) is 5.52. The molecule has 3 heterocycles. The summed E-state index contributed by atoms with van der Waals surface area (Å²) < 4.78 is 4.02. The van der Waals surface area contributed by atoms with Gasteiger partial charge in [-0.2, -0.15) is 5.10 Å². The third-order valence-electron chi connectivity index (χ3n) is 3.05. The summed E-state index contributed by atoms with van der Waals surface area (Å²) in [7, 11) is 1.94. The van der Waals surface area contributed by atoms with Crippen molar-refractivity contribution in [2.45, 2.75) is 12.5 Å². The minimum Gasteiger partial charge on any atom is -0.328 e. The van der Waals surface area contributed by atoms with Crippen molar-refractivity contribution in [2.75, 3.05) is 13.1 Å². The minimum absolute atomic E-state index is 0.617. The largest absolute Gasteiger partial charge is 0.328 e. The highest BCUT2D eigenvalue weighted by molar-refractivity contribution is 5.13. The number of aryl methyl sites for hydroxylation is 1. The number of nitrogens with one attached hydrogen (secondary N) is 1. The molecule has 0 bridgehead atoms. The summed E-state index contributed by atoms with van der Waals surface area (Å²) >= 11 is 0. The van der Waals surface area contributed by atoms with Crippen LogP contribution in [0.5, 0.6) is 0 Å². The molecule has 0 amide bonds. The number of rotatable bonds is 3. The van der Waals surface area contributed by atoms with Crippen molar-refractivity contribution in [3.63, 3.8) is 0 Å². The molecule has 1 N–H and O–H groups in total. The van der Waals surface area contributed by atoms with Gasteiger partial charge in [0, 0.05) is 44.1 Å². The maximum Gasteiger partial charge on any atom is 0.0951 e. The molecule has 1 fully saturated rings. The highest BCUT2D eigenvalue weighted by atomic mass is 15.3. The average Bonchev–Trinajstić information content (AvgIpc) is 2.75. The van der Waals surface area contributed by atoms with E-state index in [1.54, 1.807) is 0 Å². The van der Waals surface area contributed by atoms with Crippen molar-refractivity contribution in [3.05, 3.63) is 36.2 Å². The molecule has 0 spiro atoms. The Balaban J connectivity index is 1.81. The smallest absolute Gasteiger partial charge is 0.0951 e. The van der Waals surface area contributed by atoms with Gasteiger partial charge in [-0.1, -0.05) is 0 Å². The molecule has 84 valence electrons. The van der Waals surface area contributed by atoms with E-state index in [1.165, 1.54) is 5.69 Å². The molecular formula is C11H15N5. The number of hydrogen-bond acceptors (Lipinski definition) is 3. The Morgan fingerprint density at radius 1 is 1.50 bits per heavy atom. The summed E-state index contributed by atoms with van der Waals surface area (Å²) in [6.45, 7) is 2.94. The van der Waals surface area contributed by atoms with Crippen LogP contribution in [0, 0.1) is 0 Å². The molecule has 5 heteroatoms. The van der Waals surface area contributed by atoms with Gasteiger partial charge in [-0.3, -0.25) is 4.68 Å². The summed E-state index contributed by atoms with van der Waals surface area (Å²) in [6, 6.07) is 2.04. The van der Waals surface area contributed by atoms with Crippen LogP contribution in [0.2, 0.25) is 0 Å². The quantitative estimate of drug-likeness (QED) is 0.807. The Morgan fingerprint density at radius 2 is 2.38 bits per heavy atom. The van der Waals surface area contributed by atoms with Crippen LogP contribution in [0.1, 0.15) is 17.3 Å². The van der Waals surface area contributed by atoms with Gasteiger partial charge in [0.15, 0.2) is 0 Å². The maximum absolute atomic E-state index is 4.38. The van der Waals surface area contributed by atoms with Gasteiger partial charge in [0.2, 0.25) is 0 Å². The Kier molecular flexibility index (Phi) is 2.25. The van der Waals surface area contributed by atoms with Gasteiger partial charge < -0.3 is 9.88 Å². The van der Waals surface area contributed by atoms with Gasteiger partial charge in [-0.05, 0) is 6.07 Å². The van der Waals surface area contributed by atoms with E-state index in [2.05, 4.69) is 20.0 Å². The van der Waals surface area contributed by atoms with E-state index in [0.717, 1.165) is 25.3 Å². The molecule has 0 saturated carbocycles. The van der Waals surface area contributed by atoms with E-state index >= 15 is 0 Å².